The number of nitrogens with one attached hydrogen (secondary N) is 2. The molecule has 0 bridgehead atoms. The van der Waals surface area contributed by atoms with E-state index in [0.29, 0.717) is 5.70 Å². The van der Waals surface area contributed by atoms with E-state index in [-0.39, 0.29) is 10.2 Å². The zero-order valence-electron chi connectivity index (χ0n) is 16.0. The van der Waals surface area contributed by atoms with Crippen molar-refractivity contribution in [3.05, 3.63) is 34.9 Å². The summed E-state index contributed by atoms with van der Waals surface area (Å²) in [5.41, 5.74) is 3.92. The van der Waals surface area contributed by atoms with Crippen molar-refractivity contribution in [3.63, 3.8) is 0 Å². The molecule has 0 radical (unpaired) electrons. The highest BCUT2D eigenvalue weighted by Gasteiger charge is 2.22. The van der Waals surface area contributed by atoms with Crippen LogP contribution in [0.15, 0.2) is 29.3 Å². The molecule has 6 nitrogen and oxygen atoms in total. The van der Waals surface area contributed by atoms with Gasteiger partial charge in [0.15, 0.2) is 0 Å². The van der Waals surface area contributed by atoms with Crippen molar-refractivity contribution in [2.75, 3.05) is 49.6 Å². The Labute approximate surface area is 179 Å². The van der Waals surface area contributed by atoms with E-state index in [1.165, 1.54) is 24.8 Å². The summed E-state index contributed by atoms with van der Waals surface area (Å²) in [5, 5.41) is 8.12. The second-order valence-corrected chi connectivity index (χ2v) is 9.87. The van der Waals surface area contributed by atoms with Crippen molar-refractivity contribution in [2.45, 2.75) is 30.1 Å². The monoisotopic (exact) mass is 466 g/mol. The second kappa shape index (κ2) is 9.52. The smallest absolute Gasteiger partial charge is 0.272 e. The number of nitrogens with zero attached hydrogens (tertiary/aromatic N) is 2. The van der Waals surface area contributed by atoms with E-state index < -0.39 is 0 Å². The van der Waals surface area contributed by atoms with Crippen LogP contribution >= 0.6 is 27.7 Å². The van der Waals surface area contributed by atoms with E-state index in [4.69, 9.17) is 4.74 Å². The molecule has 3 aliphatic rings. The molecule has 0 saturated carbocycles. The van der Waals surface area contributed by atoms with Crippen LogP contribution in [-0.4, -0.2) is 54.5 Å². The van der Waals surface area contributed by atoms with Crippen LogP contribution < -0.4 is 15.5 Å². The molecule has 28 heavy (non-hydrogen) atoms. The minimum Gasteiger partial charge on any atom is -0.379 e. The molecule has 0 spiro atoms. The number of rotatable bonds is 5. The number of alkyl halides is 1. The van der Waals surface area contributed by atoms with Crippen LogP contribution in [0.4, 0.5) is 11.4 Å². The average Bonchev–Trinajstić information content (AvgIpc) is 3.17. The maximum atomic E-state index is 12.7. The molecule has 1 unspecified atom stereocenters. The number of amides is 1. The molecule has 0 aliphatic carbocycles. The highest BCUT2D eigenvalue weighted by atomic mass is 79.9. The summed E-state index contributed by atoms with van der Waals surface area (Å²) in [6.07, 6.45) is 3.69. The Balaban J connectivity index is 1.52. The lowest BCUT2D eigenvalue weighted by molar-refractivity contribution is -0.113. The van der Waals surface area contributed by atoms with Gasteiger partial charge in [-0.1, -0.05) is 33.8 Å². The largest absolute Gasteiger partial charge is 0.379 e. The molecule has 2 N–H and O–H groups in total. The average molecular weight is 467 g/mol. The number of piperidine rings is 1. The van der Waals surface area contributed by atoms with Crippen LogP contribution in [0.5, 0.6) is 0 Å². The molecule has 2 saturated heterocycles. The Bertz CT molecular complexity index is 733. The Morgan fingerprint density at radius 1 is 1.21 bits per heavy atom. The van der Waals surface area contributed by atoms with E-state index >= 15 is 0 Å². The standard InChI is InChI=1S/C20H27BrN4O2S/c21-20-23-17(14-28-20)19(26)22-16-5-4-15(13-24-8-10-27-11-9-24)12-18(16)25-6-2-1-3-7-25/h4-5,12,14,20,23H,1-3,6-11,13H2,(H,22,26). The molecule has 2 fully saturated rings. The number of hydrogen-bond donors (Lipinski definition) is 2. The van der Waals surface area contributed by atoms with Gasteiger partial charge in [-0.2, -0.15) is 0 Å². The fraction of sp³-hybridized carbons (Fsp3) is 0.550. The highest BCUT2D eigenvalue weighted by molar-refractivity contribution is 9.11. The SMILES string of the molecule is O=C(Nc1ccc(CN2CCOCC2)cc1N1CCCCC1)C1=CSC(Br)N1. The molecule has 152 valence electrons. The van der Waals surface area contributed by atoms with E-state index in [2.05, 4.69) is 54.6 Å². The fourth-order valence-electron chi connectivity index (χ4n) is 3.82. The third-order valence-corrected chi connectivity index (χ3v) is 6.94. The van der Waals surface area contributed by atoms with Gasteiger partial charge in [0, 0.05) is 38.1 Å². The van der Waals surface area contributed by atoms with Crippen LogP contribution in [0.2, 0.25) is 0 Å². The Kier molecular flexibility index (Phi) is 6.82. The fourth-order valence-corrected chi connectivity index (χ4v) is 5.02. The predicted molar refractivity (Wildman–Crippen MR) is 119 cm³/mol. The van der Waals surface area contributed by atoms with Gasteiger partial charge in [-0.15, -0.1) is 0 Å². The van der Waals surface area contributed by atoms with Crippen LogP contribution in [0.1, 0.15) is 24.8 Å². The second-order valence-electron chi connectivity index (χ2n) is 7.37. The first-order chi connectivity index (χ1) is 13.7. The van der Waals surface area contributed by atoms with Gasteiger partial charge in [-0.25, -0.2) is 0 Å². The number of carbonyl (C=O) groups excluding carboxylic acids is 1. The first kappa shape index (κ1) is 20.1. The van der Waals surface area contributed by atoms with Crippen molar-refractivity contribution in [2.24, 2.45) is 0 Å². The first-order valence-corrected chi connectivity index (χ1v) is 11.8. The normalized spacial score (nSPS) is 23.2. The lowest BCUT2D eigenvalue weighted by Gasteiger charge is -2.32. The van der Waals surface area contributed by atoms with Crippen molar-refractivity contribution >= 4 is 45.0 Å². The lowest BCUT2D eigenvalue weighted by atomic mass is 10.1. The molecular formula is C20H27BrN4O2S. The van der Waals surface area contributed by atoms with Gasteiger partial charge in [0.05, 0.1) is 24.6 Å². The Morgan fingerprint density at radius 3 is 2.71 bits per heavy atom. The van der Waals surface area contributed by atoms with Crippen LogP contribution in [-0.2, 0) is 16.1 Å². The number of hydrogen-bond acceptors (Lipinski definition) is 6. The van der Waals surface area contributed by atoms with Crippen LogP contribution in [0, 0.1) is 0 Å². The van der Waals surface area contributed by atoms with Gasteiger partial charge in [0.25, 0.3) is 5.91 Å². The van der Waals surface area contributed by atoms with Gasteiger partial charge < -0.3 is 20.3 Å². The quantitative estimate of drug-likeness (QED) is 0.512. The van der Waals surface area contributed by atoms with Gasteiger partial charge in [0.2, 0.25) is 0 Å². The summed E-state index contributed by atoms with van der Waals surface area (Å²) in [4.78, 5) is 17.5. The molecule has 8 heteroatoms. The summed E-state index contributed by atoms with van der Waals surface area (Å²) >= 11 is 5.02. The van der Waals surface area contributed by atoms with Gasteiger partial charge in [-0.05, 0) is 37.0 Å². The Hall–Kier alpha value is -1.22. The number of halogens is 1. The zero-order valence-corrected chi connectivity index (χ0v) is 18.4. The molecule has 4 rings (SSSR count). The van der Waals surface area contributed by atoms with Gasteiger partial charge in [0.1, 0.15) is 9.98 Å². The van der Waals surface area contributed by atoms with Crippen molar-refractivity contribution < 1.29 is 9.53 Å². The van der Waals surface area contributed by atoms with E-state index in [9.17, 15) is 4.79 Å². The number of carbonyl (C=O) groups is 1. The molecule has 1 aromatic carbocycles. The van der Waals surface area contributed by atoms with Gasteiger partial charge >= 0.3 is 0 Å². The first-order valence-electron chi connectivity index (χ1n) is 9.94. The number of thioether (sulfide) groups is 1. The van der Waals surface area contributed by atoms with Crippen LogP contribution in [0.3, 0.4) is 0 Å². The number of anilines is 2. The van der Waals surface area contributed by atoms with Crippen LogP contribution in [0.25, 0.3) is 0 Å². The van der Waals surface area contributed by atoms with E-state index in [0.717, 1.165) is 57.3 Å². The van der Waals surface area contributed by atoms with Crippen molar-refractivity contribution in [1.82, 2.24) is 10.2 Å². The summed E-state index contributed by atoms with van der Waals surface area (Å²) in [5.74, 6) is -0.0892. The van der Waals surface area contributed by atoms with Crippen molar-refractivity contribution in [1.29, 1.82) is 0 Å². The molecule has 3 heterocycles. The topological polar surface area (TPSA) is 56.8 Å². The summed E-state index contributed by atoms with van der Waals surface area (Å²) in [7, 11) is 0. The number of morpholine rings is 1. The number of ether oxygens (including phenoxy) is 1. The van der Waals surface area contributed by atoms with E-state index in [1.807, 2.05) is 5.41 Å². The third kappa shape index (κ3) is 5.03. The molecule has 1 amide bonds. The molecular weight excluding hydrogens is 440 g/mol. The van der Waals surface area contributed by atoms with E-state index in [1.54, 1.807) is 11.8 Å². The maximum absolute atomic E-state index is 12.7. The molecule has 1 atom stereocenters. The summed E-state index contributed by atoms with van der Waals surface area (Å²) in [6, 6.07) is 6.46. The molecule has 0 aromatic heterocycles. The third-order valence-electron chi connectivity index (χ3n) is 5.34. The zero-order chi connectivity index (χ0) is 19.3. The minimum atomic E-state index is -0.0892. The molecule has 3 aliphatic heterocycles. The Morgan fingerprint density at radius 2 is 2.00 bits per heavy atom. The summed E-state index contributed by atoms with van der Waals surface area (Å²) < 4.78 is 5.52. The number of benzene rings is 1. The predicted octanol–water partition coefficient (Wildman–Crippen LogP) is 3.30. The lowest BCUT2D eigenvalue weighted by Crippen LogP contribution is -2.36. The minimum absolute atomic E-state index is 0.0608. The molecule has 1 aromatic rings. The maximum Gasteiger partial charge on any atom is 0.272 e. The summed E-state index contributed by atoms with van der Waals surface area (Å²) in [6.45, 7) is 6.58. The highest BCUT2D eigenvalue weighted by Crippen LogP contribution is 2.32. The van der Waals surface area contributed by atoms with Gasteiger partial charge in [-0.3, -0.25) is 9.69 Å². The van der Waals surface area contributed by atoms with Crippen molar-refractivity contribution in [3.8, 4) is 0 Å².